The second-order valence-electron chi connectivity index (χ2n) is 9.64. The molecule has 0 spiro atoms. The monoisotopic (exact) mass is 603 g/mol. The van der Waals surface area contributed by atoms with Gasteiger partial charge in [-0.05, 0) is 61.1 Å². The zero-order chi connectivity index (χ0) is 28.6. The van der Waals surface area contributed by atoms with Crippen molar-refractivity contribution in [2.24, 2.45) is 5.92 Å². The number of rotatable bonds is 13. The molecule has 0 saturated heterocycles. The van der Waals surface area contributed by atoms with Gasteiger partial charge >= 0.3 is 0 Å². The maximum Gasteiger partial charge on any atom is 0.242 e. The molecule has 38 heavy (non-hydrogen) atoms. The molecule has 0 aromatic heterocycles. The van der Waals surface area contributed by atoms with Gasteiger partial charge in [-0.15, -0.1) is 0 Å². The van der Waals surface area contributed by atoms with Crippen molar-refractivity contribution < 1.29 is 18.0 Å². The predicted molar refractivity (Wildman–Crippen MR) is 157 cm³/mol. The number of carbonyl (C=O) groups excluding carboxylic acids is 2. The van der Waals surface area contributed by atoms with Crippen LogP contribution in [0.3, 0.4) is 0 Å². The molecule has 0 radical (unpaired) electrons. The van der Waals surface area contributed by atoms with E-state index < -0.39 is 16.1 Å². The van der Waals surface area contributed by atoms with Crippen molar-refractivity contribution in [3.05, 3.63) is 62.6 Å². The average molecular weight is 605 g/mol. The summed E-state index contributed by atoms with van der Waals surface area (Å²) in [5, 5.41) is 4.24. The second-order valence-corrected chi connectivity index (χ2v) is 12.8. The van der Waals surface area contributed by atoms with E-state index >= 15 is 0 Å². The lowest BCUT2D eigenvalue weighted by atomic mass is 10.1. The molecule has 0 aliphatic carbocycles. The summed E-state index contributed by atoms with van der Waals surface area (Å²) >= 11 is 18.7. The molecule has 1 atom stereocenters. The number of benzene rings is 2. The Morgan fingerprint density at radius 3 is 2.32 bits per heavy atom. The largest absolute Gasteiger partial charge is 0.354 e. The Bertz CT molecular complexity index is 1240. The van der Waals surface area contributed by atoms with Gasteiger partial charge in [0.25, 0.3) is 0 Å². The van der Waals surface area contributed by atoms with Gasteiger partial charge in [0.05, 0.1) is 11.9 Å². The lowest BCUT2D eigenvalue weighted by Crippen LogP contribution is -2.49. The fraction of sp³-hybridized carbons (Fsp3) is 0.481. The third-order valence-electron chi connectivity index (χ3n) is 6.09. The van der Waals surface area contributed by atoms with Gasteiger partial charge < -0.3 is 10.2 Å². The standard InChI is InChI=1S/C27H36Cl3N3O4S/c1-6-24(27(35)31-16-18(2)3)32(17-20-12-13-21(28)15-23(20)30)26(34)11-8-14-33(38(5,36)37)25-10-7-9-22(29)19(25)4/h7,9-10,12-13,15,18,24H,6,8,11,14,16-17H2,1-5H3,(H,31,35)/t24-/m0/s1. The van der Waals surface area contributed by atoms with Crippen LogP contribution < -0.4 is 9.62 Å². The maximum absolute atomic E-state index is 13.5. The molecular formula is C27H36Cl3N3O4S. The van der Waals surface area contributed by atoms with Crippen LogP contribution in [0.1, 0.15) is 51.2 Å². The smallest absolute Gasteiger partial charge is 0.242 e. The normalized spacial score (nSPS) is 12.3. The lowest BCUT2D eigenvalue weighted by Gasteiger charge is -2.31. The fourth-order valence-corrected chi connectivity index (χ4v) is 5.68. The molecule has 0 fully saturated rings. The van der Waals surface area contributed by atoms with Gasteiger partial charge in [0, 0.05) is 41.1 Å². The average Bonchev–Trinajstić information content (AvgIpc) is 2.83. The van der Waals surface area contributed by atoms with E-state index in [1.54, 1.807) is 43.3 Å². The zero-order valence-corrected chi connectivity index (χ0v) is 25.5. The van der Waals surface area contributed by atoms with E-state index in [2.05, 4.69) is 5.32 Å². The van der Waals surface area contributed by atoms with E-state index in [0.29, 0.717) is 44.8 Å². The van der Waals surface area contributed by atoms with E-state index in [-0.39, 0.29) is 43.7 Å². The quantitative estimate of drug-likeness (QED) is 0.300. The van der Waals surface area contributed by atoms with E-state index in [4.69, 9.17) is 34.8 Å². The zero-order valence-electron chi connectivity index (χ0n) is 22.4. The molecule has 0 unspecified atom stereocenters. The molecular weight excluding hydrogens is 569 g/mol. The van der Waals surface area contributed by atoms with Crippen LogP contribution in [0, 0.1) is 12.8 Å². The summed E-state index contributed by atoms with van der Waals surface area (Å²) in [5.74, 6) is -0.269. The van der Waals surface area contributed by atoms with Crippen molar-refractivity contribution in [3.8, 4) is 0 Å². The van der Waals surface area contributed by atoms with Gasteiger partial charge in [-0.2, -0.15) is 0 Å². The van der Waals surface area contributed by atoms with E-state index in [1.807, 2.05) is 20.8 Å². The maximum atomic E-state index is 13.5. The van der Waals surface area contributed by atoms with E-state index in [1.165, 1.54) is 9.21 Å². The van der Waals surface area contributed by atoms with Crippen LogP contribution in [0.4, 0.5) is 5.69 Å². The number of nitrogens with zero attached hydrogens (tertiary/aromatic N) is 2. The topological polar surface area (TPSA) is 86.8 Å². The minimum Gasteiger partial charge on any atom is -0.354 e. The molecule has 1 N–H and O–H groups in total. The van der Waals surface area contributed by atoms with Crippen LogP contribution in [-0.4, -0.2) is 50.5 Å². The van der Waals surface area contributed by atoms with Gasteiger partial charge in [0.15, 0.2) is 0 Å². The van der Waals surface area contributed by atoms with Crippen LogP contribution in [-0.2, 0) is 26.2 Å². The van der Waals surface area contributed by atoms with Gasteiger partial charge in [-0.1, -0.05) is 67.7 Å². The SMILES string of the molecule is CC[C@@H](C(=O)NCC(C)C)N(Cc1ccc(Cl)cc1Cl)C(=O)CCCN(c1cccc(Cl)c1C)S(C)(=O)=O. The first-order valence-corrected chi connectivity index (χ1v) is 15.5. The number of carbonyl (C=O) groups is 2. The summed E-state index contributed by atoms with van der Waals surface area (Å²) in [4.78, 5) is 28.1. The first-order chi connectivity index (χ1) is 17.8. The summed E-state index contributed by atoms with van der Waals surface area (Å²) in [6.07, 6.45) is 1.80. The molecule has 2 aromatic rings. The highest BCUT2D eigenvalue weighted by atomic mass is 35.5. The van der Waals surface area contributed by atoms with Gasteiger partial charge in [0.1, 0.15) is 6.04 Å². The van der Waals surface area contributed by atoms with Crippen LogP contribution in [0.15, 0.2) is 36.4 Å². The number of nitrogens with one attached hydrogen (secondary N) is 1. The van der Waals surface area contributed by atoms with E-state index in [9.17, 15) is 18.0 Å². The van der Waals surface area contributed by atoms with Crippen LogP contribution in [0.25, 0.3) is 0 Å². The van der Waals surface area contributed by atoms with Gasteiger partial charge in [-0.25, -0.2) is 8.42 Å². The Hall–Kier alpha value is -2.00. The molecule has 2 aromatic carbocycles. The van der Waals surface area contributed by atoms with Crippen molar-refractivity contribution >= 4 is 62.3 Å². The predicted octanol–water partition coefficient (Wildman–Crippen LogP) is 6.08. The van der Waals surface area contributed by atoms with Crippen molar-refractivity contribution in [1.82, 2.24) is 10.2 Å². The third-order valence-corrected chi connectivity index (χ3v) is 8.26. The third kappa shape index (κ3) is 9.04. The highest BCUT2D eigenvalue weighted by Crippen LogP contribution is 2.29. The highest BCUT2D eigenvalue weighted by Gasteiger charge is 2.29. The first kappa shape index (κ1) is 32.2. The Labute approximate surface area is 241 Å². The number of anilines is 1. The van der Waals surface area contributed by atoms with Crippen LogP contribution in [0.2, 0.25) is 15.1 Å². The molecule has 0 aliphatic heterocycles. The number of amides is 2. The summed E-state index contributed by atoms with van der Waals surface area (Å²) in [6, 6.07) is 9.37. The molecule has 11 heteroatoms. The Balaban J connectivity index is 2.28. The summed E-state index contributed by atoms with van der Waals surface area (Å²) in [6.45, 7) is 8.27. The Morgan fingerprint density at radius 2 is 1.74 bits per heavy atom. The number of hydrogen-bond donors (Lipinski definition) is 1. The molecule has 0 heterocycles. The molecule has 210 valence electrons. The lowest BCUT2D eigenvalue weighted by molar-refractivity contribution is -0.141. The minimum absolute atomic E-state index is 0.0325. The Kier molecular flexibility index (Phi) is 12.2. The Morgan fingerprint density at radius 1 is 1.05 bits per heavy atom. The van der Waals surface area contributed by atoms with Crippen molar-refractivity contribution in [2.45, 2.75) is 59.5 Å². The fourth-order valence-electron chi connectivity index (χ4n) is 4.02. The van der Waals surface area contributed by atoms with Gasteiger partial charge in [0.2, 0.25) is 21.8 Å². The molecule has 0 aliphatic rings. The molecule has 2 rings (SSSR count). The second kappa shape index (κ2) is 14.4. The summed E-state index contributed by atoms with van der Waals surface area (Å²) < 4.78 is 26.4. The van der Waals surface area contributed by atoms with Crippen molar-refractivity contribution in [1.29, 1.82) is 0 Å². The summed E-state index contributed by atoms with van der Waals surface area (Å²) in [7, 11) is -3.63. The highest BCUT2D eigenvalue weighted by molar-refractivity contribution is 7.92. The molecule has 0 bridgehead atoms. The summed E-state index contributed by atoms with van der Waals surface area (Å²) in [5.41, 5.74) is 1.77. The number of sulfonamides is 1. The molecule has 7 nitrogen and oxygen atoms in total. The van der Waals surface area contributed by atoms with Crippen molar-refractivity contribution in [3.63, 3.8) is 0 Å². The van der Waals surface area contributed by atoms with E-state index in [0.717, 1.165) is 6.26 Å². The van der Waals surface area contributed by atoms with Gasteiger partial charge in [-0.3, -0.25) is 13.9 Å². The first-order valence-electron chi connectivity index (χ1n) is 12.5. The molecule has 2 amide bonds. The van der Waals surface area contributed by atoms with Crippen LogP contribution >= 0.6 is 34.8 Å². The number of halogens is 3. The molecule has 0 saturated carbocycles. The minimum atomic E-state index is -3.63. The van der Waals surface area contributed by atoms with Crippen LogP contribution in [0.5, 0.6) is 0 Å². The van der Waals surface area contributed by atoms with Crippen molar-refractivity contribution in [2.75, 3.05) is 23.7 Å². The number of hydrogen-bond acceptors (Lipinski definition) is 4.